The summed E-state index contributed by atoms with van der Waals surface area (Å²) in [5.41, 5.74) is 1.98. The smallest absolute Gasteiger partial charge is 0.250 e. The highest BCUT2D eigenvalue weighted by Gasteiger charge is 2.45. The first-order valence-corrected chi connectivity index (χ1v) is 10.3. The van der Waals surface area contributed by atoms with Crippen molar-refractivity contribution in [2.24, 2.45) is 0 Å². The second kappa shape index (κ2) is 7.95. The number of ether oxygens (including phenoxy) is 1. The van der Waals surface area contributed by atoms with E-state index in [-0.39, 0.29) is 12.0 Å². The molecular weight excluding hydrogens is 352 g/mol. The number of carbonyl (C=O) groups excluding carboxylic acids is 1. The van der Waals surface area contributed by atoms with E-state index < -0.39 is 5.54 Å². The molecule has 2 aliphatic heterocycles. The predicted molar refractivity (Wildman–Crippen MR) is 108 cm³/mol. The first-order chi connectivity index (χ1) is 13.6. The highest BCUT2D eigenvalue weighted by Crippen LogP contribution is 2.31. The van der Waals surface area contributed by atoms with Crippen LogP contribution < -0.4 is 10.1 Å². The van der Waals surface area contributed by atoms with Crippen LogP contribution in [0.1, 0.15) is 36.8 Å². The number of benzene rings is 1. The third-order valence-electron chi connectivity index (χ3n) is 6.28. The summed E-state index contributed by atoms with van der Waals surface area (Å²) in [6.45, 7) is 7.39. The van der Waals surface area contributed by atoms with Gasteiger partial charge in [0.05, 0.1) is 0 Å². The minimum Gasteiger partial charge on any atom is -0.490 e. The van der Waals surface area contributed by atoms with Crippen molar-refractivity contribution >= 4 is 5.91 Å². The molecule has 2 aromatic rings. The average Bonchev–Trinajstić information content (AvgIpc) is 3.27. The lowest BCUT2D eigenvalue weighted by Crippen LogP contribution is -2.57. The highest BCUT2D eigenvalue weighted by atomic mass is 16.5. The maximum Gasteiger partial charge on any atom is 0.250 e. The third-order valence-corrected chi connectivity index (χ3v) is 6.28. The van der Waals surface area contributed by atoms with E-state index in [1.807, 2.05) is 27.9 Å². The molecule has 28 heavy (non-hydrogen) atoms. The Labute approximate surface area is 166 Å². The summed E-state index contributed by atoms with van der Waals surface area (Å²) >= 11 is 0. The van der Waals surface area contributed by atoms with E-state index >= 15 is 0 Å². The van der Waals surface area contributed by atoms with E-state index in [1.165, 1.54) is 11.1 Å². The number of rotatable bonds is 4. The van der Waals surface area contributed by atoms with E-state index in [0.717, 1.165) is 57.6 Å². The van der Waals surface area contributed by atoms with Crippen LogP contribution in [0.25, 0.3) is 0 Å². The number of hydrogen-bond acceptors (Lipinski definition) is 4. The molecule has 2 saturated heterocycles. The van der Waals surface area contributed by atoms with E-state index in [0.29, 0.717) is 0 Å². The lowest BCUT2D eigenvalue weighted by atomic mass is 9.86. The Morgan fingerprint density at radius 1 is 1.18 bits per heavy atom. The molecule has 1 aromatic carbocycles. The van der Waals surface area contributed by atoms with Crippen molar-refractivity contribution in [3.8, 4) is 5.75 Å². The van der Waals surface area contributed by atoms with E-state index in [2.05, 4.69) is 36.4 Å². The molecule has 1 amide bonds. The van der Waals surface area contributed by atoms with Gasteiger partial charge in [0.1, 0.15) is 17.4 Å². The highest BCUT2D eigenvalue weighted by molar-refractivity contribution is 5.84. The van der Waals surface area contributed by atoms with Crippen LogP contribution in [0.3, 0.4) is 0 Å². The van der Waals surface area contributed by atoms with Crippen LogP contribution in [0.2, 0.25) is 0 Å². The van der Waals surface area contributed by atoms with Gasteiger partial charge in [-0.3, -0.25) is 9.48 Å². The molecule has 0 bridgehead atoms. The van der Waals surface area contributed by atoms with Gasteiger partial charge in [0, 0.05) is 38.3 Å². The van der Waals surface area contributed by atoms with Gasteiger partial charge in [-0.1, -0.05) is 6.07 Å². The fraction of sp³-hybridized carbons (Fsp3) is 0.545. The number of nitrogens with one attached hydrogen (secondary N) is 1. The number of aromatic nitrogens is 2. The molecule has 4 rings (SSSR count). The summed E-state index contributed by atoms with van der Waals surface area (Å²) in [6, 6.07) is 8.16. The largest absolute Gasteiger partial charge is 0.490 e. The molecule has 0 radical (unpaired) electrons. The standard InChI is InChI=1S/C22H30N4O2/c1-17-4-5-20(16-18(17)2)28-19-6-14-25(15-7-19)21(27)22(8-11-23-12-9-22)26-13-3-10-24-26/h3-5,10,13,16,19,23H,6-9,11-12,14-15H2,1-2H3. The van der Waals surface area contributed by atoms with Gasteiger partial charge in [-0.25, -0.2) is 0 Å². The molecule has 0 spiro atoms. The normalized spacial score (nSPS) is 20.1. The van der Waals surface area contributed by atoms with Crippen LogP contribution in [0, 0.1) is 13.8 Å². The summed E-state index contributed by atoms with van der Waals surface area (Å²) in [5, 5.41) is 7.80. The Morgan fingerprint density at radius 3 is 2.57 bits per heavy atom. The Kier molecular flexibility index (Phi) is 5.40. The van der Waals surface area contributed by atoms with Gasteiger partial charge >= 0.3 is 0 Å². The minimum absolute atomic E-state index is 0.167. The van der Waals surface area contributed by atoms with Crippen molar-refractivity contribution in [1.82, 2.24) is 20.0 Å². The van der Waals surface area contributed by atoms with Gasteiger partial charge in [0.25, 0.3) is 5.91 Å². The second-order valence-corrected chi connectivity index (χ2v) is 8.09. The van der Waals surface area contributed by atoms with E-state index in [9.17, 15) is 4.79 Å². The van der Waals surface area contributed by atoms with Crippen LogP contribution in [0.15, 0.2) is 36.7 Å². The van der Waals surface area contributed by atoms with Crippen molar-refractivity contribution < 1.29 is 9.53 Å². The number of aryl methyl sites for hydroxylation is 2. The molecule has 1 aromatic heterocycles. The van der Waals surface area contributed by atoms with Crippen LogP contribution in [-0.2, 0) is 10.3 Å². The van der Waals surface area contributed by atoms with Crippen molar-refractivity contribution in [2.75, 3.05) is 26.2 Å². The van der Waals surface area contributed by atoms with E-state index in [4.69, 9.17) is 4.74 Å². The summed E-state index contributed by atoms with van der Waals surface area (Å²) in [4.78, 5) is 15.5. The Morgan fingerprint density at radius 2 is 1.93 bits per heavy atom. The summed E-state index contributed by atoms with van der Waals surface area (Å²) in [6.07, 6.45) is 7.16. The van der Waals surface area contributed by atoms with Crippen molar-refractivity contribution in [3.63, 3.8) is 0 Å². The van der Waals surface area contributed by atoms with Gasteiger partial charge in [0.15, 0.2) is 0 Å². The first-order valence-electron chi connectivity index (χ1n) is 10.3. The molecule has 6 nitrogen and oxygen atoms in total. The van der Waals surface area contributed by atoms with Crippen LogP contribution >= 0.6 is 0 Å². The van der Waals surface area contributed by atoms with Gasteiger partial charge in [-0.05, 0) is 69.1 Å². The molecule has 2 aliphatic rings. The van der Waals surface area contributed by atoms with Gasteiger partial charge in [-0.15, -0.1) is 0 Å². The summed E-state index contributed by atoms with van der Waals surface area (Å²) in [7, 11) is 0. The van der Waals surface area contributed by atoms with Gasteiger partial charge in [0.2, 0.25) is 0 Å². The molecule has 3 heterocycles. The molecule has 2 fully saturated rings. The molecule has 150 valence electrons. The summed E-state index contributed by atoms with van der Waals surface area (Å²) in [5.74, 6) is 1.14. The monoisotopic (exact) mass is 382 g/mol. The number of piperidine rings is 2. The maximum atomic E-state index is 13.5. The maximum absolute atomic E-state index is 13.5. The number of amides is 1. The van der Waals surface area contributed by atoms with E-state index in [1.54, 1.807) is 6.20 Å². The Bertz CT molecular complexity index is 804. The van der Waals surface area contributed by atoms with Crippen LogP contribution in [-0.4, -0.2) is 52.9 Å². The van der Waals surface area contributed by atoms with Crippen LogP contribution in [0.4, 0.5) is 0 Å². The molecule has 6 heteroatoms. The number of nitrogens with zero attached hydrogens (tertiary/aromatic N) is 3. The Balaban J connectivity index is 1.41. The fourth-order valence-electron chi connectivity index (χ4n) is 4.35. The zero-order chi connectivity index (χ0) is 19.6. The molecule has 0 unspecified atom stereocenters. The predicted octanol–water partition coefficient (Wildman–Crippen LogP) is 2.65. The quantitative estimate of drug-likeness (QED) is 0.883. The van der Waals surface area contributed by atoms with Crippen LogP contribution in [0.5, 0.6) is 5.75 Å². The average molecular weight is 383 g/mol. The van der Waals surface area contributed by atoms with Crippen molar-refractivity contribution in [2.45, 2.75) is 51.2 Å². The zero-order valence-corrected chi connectivity index (χ0v) is 16.9. The fourth-order valence-corrected chi connectivity index (χ4v) is 4.35. The third kappa shape index (κ3) is 3.65. The lowest BCUT2D eigenvalue weighted by Gasteiger charge is -2.42. The number of hydrogen-bond donors (Lipinski definition) is 1. The SMILES string of the molecule is Cc1ccc(OC2CCN(C(=O)C3(n4cccn4)CCNCC3)CC2)cc1C. The van der Waals surface area contributed by atoms with Crippen molar-refractivity contribution in [1.29, 1.82) is 0 Å². The first kappa shape index (κ1) is 19.0. The minimum atomic E-state index is -0.545. The van der Waals surface area contributed by atoms with Gasteiger partial charge in [-0.2, -0.15) is 5.10 Å². The zero-order valence-electron chi connectivity index (χ0n) is 16.9. The molecule has 0 atom stereocenters. The summed E-state index contributed by atoms with van der Waals surface area (Å²) < 4.78 is 8.08. The Hall–Kier alpha value is -2.34. The topological polar surface area (TPSA) is 59.4 Å². The number of carbonyl (C=O) groups is 1. The molecule has 0 saturated carbocycles. The van der Waals surface area contributed by atoms with Crippen molar-refractivity contribution in [3.05, 3.63) is 47.8 Å². The second-order valence-electron chi connectivity index (χ2n) is 8.09. The molecule has 1 N–H and O–H groups in total. The molecular formula is C22H30N4O2. The lowest BCUT2D eigenvalue weighted by molar-refractivity contribution is -0.145. The number of likely N-dealkylation sites (tertiary alicyclic amines) is 1. The molecule has 0 aliphatic carbocycles. The van der Waals surface area contributed by atoms with Gasteiger partial charge < -0.3 is 15.0 Å².